The summed E-state index contributed by atoms with van der Waals surface area (Å²) in [5.74, 6) is -5.05. The summed E-state index contributed by atoms with van der Waals surface area (Å²) in [5.41, 5.74) is 9.01. The minimum atomic E-state index is -3.36. The molecule has 4 nitrogen and oxygen atoms in total. The van der Waals surface area contributed by atoms with E-state index in [-0.39, 0.29) is 22.6 Å². The number of carbonyl (C=O) groups excluding carboxylic acids is 1. The highest BCUT2D eigenvalue weighted by Gasteiger charge is 2.57. The van der Waals surface area contributed by atoms with Gasteiger partial charge in [-0.2, -0.15) is 8.78 Å². The van der Waals surface area contributed by atoms with E-state index < -0.39 is 29.3 Å². The largest absolute Gasteiger partial charge is 0.448 e. The van der Waals surface area contributed by atoms with Crippen LogP contribution in [-0.2, 0) is 0 Å². The molecular formula is C15H8F3NO3. The van der Waals surface area contributed by atoms with E-state index in [4.69, 9.17) is 10.5 Å². The van der Waals surface area contributed by atoms with Crippen LogP contribution >= 0.6 is 0 Å². The maximum atomic E-state index is 13.4. The molecule has 112 valence electrons. The molecule has 1 unspecified atom stereocenters. The van der Waals surface area contributed by atoms with Gasteiger partial charge in [0.2, 0.25) is 5.91 Å². The van der Waals surface area contributed by atoms with Gasteiger partial charge in [-0.3, -0.25) is 4.79 Å². The van der Waals surface area contributed by atoms with Crippen LogP contribution in [0.1, 0.15) is 10.4 Å². The van der Waals surface area contributed by atoms with Crippen molar-refractivity contribution >= 4 is 5.91 Å². The first-order chi connectivity index (χ1) is 10.3. The Morgan fingerprint density at radius 1 is 1.32 bits per heavy atom. The molecule has 0 saturated heterocycles. The Balaban J connectivity index is 1.95. The number of nitrogens with two attached hydrogens (primary N) is 1. The summed E-state index contributed by atoms with van der Waals surface area (Å²) < 4.78 is 45.1. The minimum Gasteiger partial charge on any atom is -0.448 e. The summed E-state index contributed by atoms with van der Waals surface area (Å²) in [4.78, 5) is 11.0. The fourth-order valence-corrected chi connectivity index (χ4v) is 2.14. The van der Waals surface area contributed by atoms with Gasteiger partial charge < -0.3 is 15.6 Å². The molecule has 1 aromatic carbocycles. The number of benzene rings is 1. The molecular weight excluding hydrogens is 299 g/mol. The molecule has 0 aliphatic heterocycles. The molecule has 2 aliphatic carbocycles. The highest BCUT2D eigenvalue weighted by atomic mass is 19.3. The van der Waals surface area contributed by atoms with Gasteiger partial charge in [-0.05, 0) is 23.9 Å². The summed E-state index contributed by atoms with van der Waals surface area (Å²) in [6.07, 6.45) is -0.785. The minimum absolute atomic E-state index is 0.0368. The van der Waals surface area contributed by atoms with E-state index in [1.165, 1.54) is 6.07 Å². The fourth-order valence-electron chi connectivity index (χ4n) is 2.14. The van der Waals surface area contributed by atoms with Gasteiger partial charge in [-0.25, -0.2) is 4.39 Å². The second kappa shape index (κ2) is 4.64. The molecule has 3 rings (SSSR count). The summed E-state index contributed by atoms with van der Waals surface area (Å²) in [6, 6.07) is 3.13. The maximum absolute atomic E-state index is 13.4. The lowest BCUT2D eigenvalue weighted by Gasteiger charge is -2.37. The van der Waals surface area contributed by atoms with Gasteiger partial charge in [0, 0.05) is 17.2 Å². The van der Waals surface area contributed by atoms with Crippen LogP contribution in [0.2, 0.25) is 0 Å². The standard InChI is InChI=1S/C15H8F3NO3/c16-8-3-7(14(19)21)4-10(5-8)22-9-1-2-12-11(6-9)13(20)15(12,17)18/h3-6,13,20H,(H2,19,21). The monoisotopic (exact) mass is 307 g/mol. The molecule has 3 N–H and O–H groups in total. The predicted molar refractivity (Wildman–Crippen MR) is 68.6 cm³/mol. The SMILES string of the molecule is NC(=O)c1cc(F)cc(OC2=C=C=C3C(=C2)C(O)C3(F)F)c1. The van der Waals surface area contributed by atoms with Gasteiger partial charge in [0.25, 0.3) is 0 Å². The average molecular weight is 307 g/mol. The molecule has 0 bridgehead atoms. The predicted octanol–water partition coefficient (Wildman–Crippen LogP) is 1.82. The molecule has 7 heteroatoms. The normalized spacial score (nSPS) is 21.1. The van der Waals surface area contributed by atoms with Crippen molar-refractivity contribution < 1.29 is 27.8 Å². The smallest absolute Gasteiger partial charge is 0.310 e. The lowest BCUT2D eigenvalue weighted by atomic mass is 9.77. The van der Waals surface area contributed by atoms with E-state index in [1.807, 2.05) is 0 Å². The third kappa shape index (κ3) is 2.14. The number of alkyl halides is 2. The van der Waals surface area contributed by atoms with E-state index in [1.54, 1.807) is 0 Å². The zero-order chi connectivity index (χ0) is 16.1. The van der Waals surface area contributed by atoms with Crippen LogP contribution in [0.15, 0.2) is 52.6 Å². The number of aliphatic hydroxyl groups excluding tert-OH is 1. The van der Waals surface area contributed by atoms with E-state index in [9.17, 15) is 23.1 Å². The number of primary amides is 1. The topological polar surface area (TPSA) is 72.6 Å². The third-order valence-electron chi connectivity index (χ3n) is 3.24. The number of amides is 1. The van der Waals surface area contributed by atoms with Crippen LogP contribution in [0.4, 0.5) is 13.2 Å². The van der Waals surface area contributed by atoms with Crippen molar-refractivity contribution in [1.82, 2.24) is 0 Å². The average Bonchev–Trinajstić information content (AvgIpc) is 2.46. The zero-order valence-electron chi connectivity index (χ0n) is 10.9. The number of ether oxygens (including phenoxy) is 1. The number of halogens is 3. The Morgan fingerprint density at radius 3 is 2.73 bits per heavy atom. The number of rotatable bonds is 3. The van der Waals surface area contributed by atoms with Crippen molar-refractivity contribution in [3.63, 3.8) is 0 Å². The first-order valence-electron chi connectivity index (χ1n) is 6.11. The van der Waals surface area contributed by atoms with Gasteiger partial charge in [-0.1, -0.05) is 5.73 Å². The first kappa shape index (κ1) is 14.2. The van der Waals surface area contributed by atoms with Crippen LogP contribution in [0, 0.1) is 5.82 Å². The molecule has 1 amide bonds. The number of allylic oxidation sites excluding steroid dienone is 1. The van der Waals surface area contributed by atoms with Gasteiger partial charge in [0.1, 0.15) is 17.7 Å². The number of hydrogen-bond acceptors (Lipinski definition) is 3. The number of hydrogen-bond donors (Lipinski definition) is 2. The summed E-state index contributed by atoms with van der Waals surface area (Å²) in [5, 5.41) is 9.32. The first-order valence-corrected chi connectivity index (χ1v) is 6.11. The lowest BCUT2D eigenvalue weighted by molar-refractivity contribution is -0.0914. The molecule has 1 fully saturated rings. The van der Waals surface area contributed by atoms with Crippen molar-refractivity contribution in [1.29, 1.82) is 0 Å². The lowest BCUT2D eigenvalue weighted by Crippen LogP contribution is -2.49. The van der Waals surface area contributed by atoms with Crippen LogP contribution in [-0.4, -0.2) is 23.0 Å². The second-order valence-electron chi connectivity index (χ2n) is 4.76. The molecule has 2 aliphatic rings. The quantitative estimate of drug-likeness (QED) is 0.837. The van der Waals surface area contributed by atoms with Gasteiger partial charge >= 0.3 is 5.92 Å². The summed E-state index contributed by atoms with van der Waals surface area (Å²) in [6.45, 7) is 0. The third-order valence-corrected chi connectivity index (χ3v) is 3.24. The van der Waals surface area contributed by atoms with Crippen LogP contribution < -0.4 is 10.5 Å². The van der Waals surface area contributed by atoms with E-state index in [0.29, 0.717) is 0 Å². The number of aliphatic hydroxyl groups is 1. The van der Waals surface area contributed by atoms with Crippen LogP contribution in [0.3, 0.4) is 0 Å². The molecule has 0 heterocycles. The van der Waals surface area contributed by atoms with E-state index in [0.717, 1.165) is 18.2 Å². The Kier molecular flexibility index (Phi) is 3.00. The van der Waals surface area contributed by atoms with Crippen LogP contribution in [0.5, 0.6) is 5.75 Å². The molecule has 1 aromatic rings. The molecule has 1 atom stereocenters. The van der Waals surface area contributed by atoms with Crippen LogP contribution in [0.25, 0.3) is 0 Å². The Labute approximate surface area is 122 Å². The van der Waals surface area contributed by atoms with Gasteiger partial charge in [-0.15, -0.1) is 0 Å². The molecule has 22 heavy (non-hydrogen) atoms. The van der Waals surface area contributed by atoms with E-state index in [2.05, 4.69) is 11.5 Å². The zero-order valence-corrected chi connectivity index (χ0v) is 10.9. The van der Waals surface area contributed by atoms with Crippen molar-refractivity contribution in [3.05, 3.63) is 64.0 Å². The number of fused-ring (bicyclic) bond motifs is 1. The Bertz CT molecular complexity index is 828. The Morgan fingerprint density at radius 2 is 2.05 bits per heavy atom. The van der Waals surface area contributed by atoms with Gasteiger partial charge in [0.15, 0.2) is 5.76 Å². The maximum Gasteiger partial charge on any atom is 0.310 e. The van der Waals surface area contributed by atoms with Crippen molar-refractivity contribution in [2.24, 2.45) is 5.73 Å². The van der Waals surface area contributed by atoms with Crippen molar-refractivity contribution in [2.75, 3.05) is 0 Å². The second-order valence-corrected chi connectivity index (χ2v) is 4.76. The van der Waals surface area contributed by atoms with E-state index >= 15 is 0 Å². The number of carbonyl (C=O) groups is 1. The van der Waals surface area contributed by atoms with Gasteiger partial charge in [0.05, 0.1) is 5.57 Å². The summed E-state index contributed by atoms with van der Waals surface area (Å²) in [7, 11) is 0. The summed E-state index contributed by atoms with van der Waals surface area (Å²) >= 11 is 0. The highest BCUT2D eigenvalue weighted by Crippen LogP contribution is 2.48. The van der Waals surface area contributed by atoms with Crippen molar-refractivity contribution in [3.8, 4) is 5.75 Å². The fraction of sp³-hybridized carbons (Fsp3) is 0.133. The molecule has 0 aromatic heterocycles. The molecule has 0 radical (unpaired) electrons. The van der Waals surface area contributed by atoms with Crippen molar-refractivity contribution in [2.45, 2.75) is 12.0 Å². The highest BCUT2D eigenvalue weighted by molar-refractivity contribution is 5.93. The Hall–Kier alpha value is -2.72. The molecule has 0 spiro atoms. The molecule has 1 saturated carbocycles.